The highest BCUT2D eigenvalue weighted by Crippen LogP contribution is 2.07. The highest BCUT2D eigenvalue weighted by Gasteiger charge is 1.98. The molecule has 2 heteroatoms. The van der Waals surface area contributed by atoms with Gasteiger partial charge in [0, 0.05) is 12.6 Å². The lowest BCUT2D eigenvalue weighted by atomic mass is 10.1. The number of hydrazone groups is 1. The summed E-state index contributed by atoms with van der Waals surface area (Å²) in [5.74, 6) is 0. The lowest BCUT2D eigenvalue weighted by Gasteiger charge is -2.03. The Morgan fingerprint density at radius 3 is 2.58 bits per heavy atom. The number of aryl methyl sites for hydroxylation is 1. The van der Waals surface area contributed by atoms with Gasteiger partial charge in [0.25, 0.3) is 0 Å². The minimum Gasteiger partial charge on any atom is -0.313 e. The zero-order chi connectivity index (χ0) is 8.97. The summed E-state index contributed by atoms with van der Waals surface area (Å²) in [7, 11) is 1.81. The van der Waals surface area contributed by atoms with Gasteiger partial charge < -0.3 is 5.43 Å². The zero-order valence-electron chi connectivity index (χ0n) is 7.76. The van der Waals surface area contributed by atoms with E-state index in [1.54, 1.807) is 0 Å². The second-order valence-corrected chi connectivity index (χ2v) is 2.74. The van der Waals surface area contributed by atoms with Gasteiger partial charge in [-0.2, -0.15) is 5.10 Å². The van der Waals surface area contributed by atoms with Crippen molar-refractivity contribution in [2.75, 3.05) is 7.05 Å². The smallest absolute Gasteiger partial charge is 0.0646 e. The average molecular weight is 162 g/mol. The fourth-order valence-electron chi connectivity index (χ4n) is 1.21. The normalized spacial score (nSPS) is 11.4. The van der Waals surface area contributed by atoms with E-state index in [1.807, 2.05) is 26.1 Å². The second kappa shape index (κ2) is 3.90. The molecule has 1 N–H and O–H groups in total. The topological polar surface area (TPSA) is 24.4 Å². The number of hydrogen-bond donors (Lipinski definition) is 1. The van der Waals surface area contributed by atoms with E-state index in [0.29, 0.717) is 0 Å². The maximum Gasteiger partial charge on any atom is 0.0646 e. The van der Waals surface area contributed by atoms with Crippen molar-refractivity contribution in [1.82, 2.24) is 5.43 Å². The third-order valence-electron chi connectivity index (χ3n) is 1.81. The lowest BCUT2D eigenvalue weighted by Crippen LogP contribution is -2.04. The van der Waals surface area contributed by atoms with E-state index in [2.05, 4.69) is 29.6 Å². The highest BCUT2D eigenvalue weighted by molar-refractivity contribution is 5.99. The lowest BCUT2D eigenvalue weighted by molar-refractivity contribution is 0.899. The first kappa shape index (κ1) is 8.78. The number of benzene rings is 1. The van der Waals surface area contributed by atoms with Gasteiger partial charge in [-0.1, -0.05) is 24.3 Å². The summed E-state index contributed by atoms with van der Waals surface area (Å²) in [5, 5.41) is 4.12. The fourth-order valence-corrected chi connectivity index (χ4v) is 1.21. The SMILES string of the molecule is CN/N=C(\C)c1ccccc1C. The van der Waals surface area contributed by atoms with Gasteiger partial charge in [-0.25, -0.2) is 0 Å². The minimum atomic E-state index is 1.02. The molecule has 0 aliphatic carbocycles. The van der Waals surface area contributed by atoms with Gasteiger partial charge in [0.15, 0.2) is 0 Å². The van der Waals surface area contributed by atoms with Crippen LogP contribution in [-0.2, 0) is 0 Å². The van der Waals surface area contributed by atoms with Crippen molar-refractivity contribution in [3.05, 3.63) is 35.4 Å². The standard InChI is InChI=1S/C10H14N2/c1-8-6-4-5-7-10(8)9(2)12-11-3/h4-7,11H,1-3H3/b12-9+. The van der Waals surface area contributed by atoms with Crippen molar-refractivity contribution >= 4 is 5.71 Å². The van der Waals surface area contributed by atoms with E-state index in [1.165, 1.54) is 11.1 Å². The van der Waals surface area contributed by atoms with Gasteiger partial charge in [0.05, 0.1) is 5.71 Å². The Balaban J connectivity index is 3.02. The third-order valence-corrected chi connectivity index (χ3v) is 1.81. The molecule has 0 bridgehead atoms. The predicted octanol–water partition coefficient (Wildman–Crippen LogP) is 1.94. The van der Waals surface area contributed by atoms with Gasteiger partial charge in [0.1, 0.15) is 0 Å². The van der Waals surface area contributed by atoms with Crippen LogP contribution in [0.3, 0.4) is 0 Å². The molecule has 0 atom stereocenters. The molecular formula is C10H14N2. The molecular weight excluding hydrogens is 148 g/mol. The monoisotopic (exact) mass is 162 g/mol. The molecule has 2 nitrogen and oxygen atoms in total. The zero-order valence-corrected chi connectivity index (χ0v) is 7.76. The number of nitrogens with one attached hydrogen (secondary N) is 1. The largest absolute Gasteiger partial charge is 0.313 e. The molecule has 0 unspecified atom stereocenters. The minimum absolute atomic E-state index is 1.02. The van der Waals surface area contributed by atoms with E-state index in [9.17, 15) is 0 Å². The molecule has 64 valence electrons. The van der Waals surface area contributed by atoms with Crippen molar-refractivity contribution in [1.29, 1.82) is 0 Å². The van der Waals surface area contributed by atoms with Crippen molar-refractivity contribution in [3.63, 3.8) is 0 Å². The van der Waals surface area contributed by atoms with Crippen LogP contribution in [0.1, 0.15) is 18.1 Å². The summed E-state index contributed by atoms with van der Waals surface area (Å²) in [6.07, 6.45) is 0. The van der Waals surface area contributed by atoms with Crippen LogP contribution in [0.2, 0.25) is 0 Å². The fraction of sp³-hybridized carbons (Fsp3) is 0.300. The van der Waals surface area contributed by atoms with Crippen molar-refractivity contribution in [2.24, 2.45) is 5.10 Å². The van der Waals surface area contributed by atoms with Crippen LogP contribution in [0, 0.1) is 6.92 Å². The Kier molecular flexibility index (Phi) is 2.86. The Morgan fingerprint density at radius 2 is 2.00 bits per heavy atom. The Labute approximate surface area is 73.3 Å². The molecule has 0 saturated carbocycles. The van der Waals surface area contributed by atoms with Gasteiger partial charge in [-0.3, -0.25) is 0 Å². The Hall–Kier alpha value is -1.31. The Bertz CT molecular complexity index is 290. The molecule has 1 rings (SSSR count). The molecule has 0 radical (unpaired) electrons. The number of nitrogens with zero attached hydrogens (tertiary/aromatic N) is 1. The molecule has 1 aromatic carbocycles. The first-order valence-electron chi connectivity index (χ1n) is 4.02. The van der Waals surface area contributed by atoms with Gasteiger partial charge in [-0.15, -0.1) is 0 Å². The summed E-state index contributed by atoms with van der Waals surface area (Å²) in [6, 6.07) is 8.22. The quantitative estimate of drug-likeness (QED) is 0.521. The van der Waals surface area contributed by atoms with Crippen LogP contribution in [0.5, 0.6) is 0 Å². The van der Waals surface area contributed by atoms with E-state index in [0.717, 1.165) is 5.71 Å². The Morgan fingerprint density at radius 1 is 1.33 bits per heavy atom. The van der Waals surface area contributed by atoms with E-state index in [-0.39, 0.29) is 0 Å². The first-order chi connectivity index (χ1) is 5.75. The van der Waals surface area contributed by atoms with Crippen LogP contribution in [0.15, 0.2) is 29.4 Å². The van der Waals surface area contributed by atoms with Gasteiger partial charge >= 0.3 is 0 Å². The second-order valence-electron chi connectivity index (χ2n) is 2.74. The van der Waals surface area contributed by atoms with Crippen LogP contribution in [0.4, 0.5) is 0 Å². The molecule has 0 fully saturated rings. The van der Waals surface area contributed by atoms with Gasteiger partial charge in [0.2, 0.25) is 0 Å². The molecule has 0 aromatic heterocycles. The molecule has 0 saturated heterocycles. The van der Waals surface area contributed by atoms with E-state index >= 15 is 0 Å². The molecule has 0 amide bonds. The van der Waals surface area contributed by atoms with Crippen LogP contribution < -0.4 is 5.43 Å². The highest BCUT2D eigenvalue weighted by atomic mass is 15.3. The molecule has 0 heterocycles. The molecule has 0 aliphatic heterocycles. The number of rotatable bonds is 2. The summed E-state index contributed by atoms with van der Waals surface area (Å²) >= 11 is 0. The average Bonchev–Trinajstić information content (AvgIpc) is 2.05. The van der Waals surface area contributed by atoms with Crippen LogP contribution >= 0.6 is 0 Å². The van der Waals surface area contributed by atoms with Crippen LogP contribution in [-0.4, -0.2) is 12.8 Å². The van der Waals surface area contributed by atoms with Crippen molar-refractivity contribution < 1.29 is 0 Å². The van der Waals surface area contributed by atoms with Crippen LogP contribution in [0.25, 0.3) is 0 Å². The molecule has 0 spiro atoms. The molecule has 12 heavy (non-hydrogen) atoms. The first-order valence-corrected chi connectivity index (χ1v) is 4.02. The summed E-state index contributed by atoms with van der Waals surface area (Å²) in [5.41, 5.74) is 6.26. The van der Waals surface area contributed by atoms with Gasteiger partial charge in [-0.05, 0) is 19.4 Å². The maximum absolute atomic E-state index is 4.12. The maximum atomic E-state index is 4.12. The molecule has 0 aliphatic rings. The molecule has 1 aromatic rings. The number of hydrogen-bond acceptors (Lipinski definition) is 2. The van der Waals surface area contributed by atoms with E-state index < -0.39 is 0 Å². The third kappa shape index (κ3) is 1.84. The van der Waals surface area contributed by atoms with E-state index in [4.69, 9.17) is 0 Å². The summed E-state index contributed by atoms with van der Waals surface area (Å²) in [4.78, 5) is 0. The summed E-state index contributed by atoms with van der Waals surface area (Å²) in [6.45, 7) is 4.09. The predicted molar refractivity (Wildman–Crippen MR) is 52.4 cm³/mol. The summed E-state index contributed by atoms with van der Waals surface area (Å²) < 4.78 is 0. The van der Waals surface area contributed by atoms with Crippen molar-refractivity contribution in [3.8, 4) is 0 Å². The van der Waals surface area contributed by atoms with Crippen molar-refractivity contribution in [2.45, 2.75) is 13.8 Å².